The highest BCUT2D eigenvalue weighted by molar-refractivity contribution is 7.12. The quantitative estimate of drug-likeness (QED) is 0.907. The molecule has 2 aromatic heterocycles. The van der Waals surface area contributed by atoms with E-state index in [2.05, 4.69) is 25.2 Å². The molecule has 2 aliphatic heterocycles. The Labute approximate surface area is 139 Å². The van der Waals surface area contributed by atoms with E-state index in [4.69, 9.17) is 4.74 Å². The number of hydrogen-bond donors (Lipinski definition) is 1. The van der Waals surface area contributed by atoms with Crippen LogP contribution in [0, 0.1) is 0 Å². The number of rotatable bonds is 5. The predicted octanol–water partition coefficient (Wildman–Crippen LogP) is 2.27. The summed E-state index contributed by atoms with van der Waals surface area (Å²) in [6.07, 6.45) is 7.16. The Morgan fingerprint density at radius 3 is 2.87 bits per heavy atom. The zero-order valence-corrected chi connectivity index (χ0v) is 13.8. The van der Waals surface area contributed by atoms with Gasteiger partial charge in [0.25, 0.3) is 0 Å². The Morgan fingerprint density at radius 1 is 1.22 bits per heavy atom. The monoisotopic (exact) mass is 331 g/mol. The van der Waals surface area contributed by atoms with E-state index in [9.17, 15) is 0 Å². The van der Waals surface area contributed by atoms with Crippen molar-refractivity contribution < 1.29 is 4.74 Å². The second-order valence-electron chi connectivity index (χ2n) is 6.01. The van der Waals surface area contributed by atoms with Gasteiger partial charge in [0.05, 0.1) is 0 Å². The minimum Gasteiger partial charge on any atom is -0.381 e. The molecule has 2 saturated heterocycles. The Kier molecular flexibility index (Phi) is 4.50. The van der Waals surface area contributed by atoms with Crippen LogP contribution >= 0.6 is 11.3 Å². The molecule has 0 saturated carbocycles. The summed E-state index contributed by atoms with van der Waals surface area (Å²) in [6, 6.07) is 3.23. The van der Waals surface area contributed by atoms with E-state index in [0.717, 1.165) is 43.4 Å². The van der Waals surface area contributed by atoms with Crippen LogP contribution in [0.25, 0.3) is 10.8 Å². The van der Waals surface area contributed by atoms with Gasteiger partial charge in [-0.05, 0) is 25.3 Å². The van der Waals surface area contributed by atoms with Crippen molar-refractivity contribution in [1.29, 1.82) is 0 Å². The van der Waals surface area contributed by atoms with Crippen molar-refractivity contribution in [3.05, 3.63) is 23.8 Å². The fourth-order valence-electron chi connectivity index (χ4n) is 3.29. The van der Waals surface area contributed by atoms with E-state index in [1.54, 1.807) is 23.7 Å². The second kappa shape index (κ2) is 6.90. The molecule has 2 aromatic rings. The maximum Gasteiger partial charge on any atom is 0.190 e. The molecule has 1 N–H and O–H groups in total. The average molecular weight is 331 g/mol. The summed E-state index contributed by atoms with van der Waals surface area (Å²) >= 11 is 1.56. The van der Waals surface area contributed by atoms with Gasteiger partial charge in [0.15, 0.2) is 10.8 Å². The summed E-state index contributed by atoms with van der Waals surface area (Å²) in [4.78, 5) is 15.8. The molecule has 6 nitrogen and oxygen atoms in total. The van der Waals surface area contributed by atoms with Crippen LogP contribution in [0.1, 0.15) is 19.3 Å². The maximum absolute atomic E-state index is 5.47. The number of nitrogens with one attached hydrogen (secondary N) is 1. The fraction of sp³-hybridized carbons (Fsp3) is 0.562. The molecule has 2 fully saturated rings. The van der Waals surface area contributed by atoms with Gasteiger partial charge in [-0.1, -0.05) is 0 Å². The molecule has 23 heavy (non-hydrogen) atoms. The lowest BCUT2D eigenvalue weighted by Gasteiger charge is -2.47. The van der Waals surface area contributed by atoms with Crippen molar-refractivity contribution in [1.82, 2.24) is 19.9 Å². The lowest BCUT2D eigenvalue weighted by Crippen LogP contribution is -2.57. The number of likely N-dealkylation sites (tertiary alicyclic amines) is 1. The van der Waals surface area contributed by atoms with Gasteiger partial charge < -0.3 is 10.1 Å². The van der Waals surface area contributed by atoms with Crippen LogP contribution in [0.3, 0.4) is 0 Å². The highest BCUT2D eigenvalue weighted by atomic mass is 32.1. The first-order chi connectivity index (χ1) is 11.4. The van der Waals surface area contributed by atoms with Gasteiger partial charge in [0.1, 0.15) is 5.82 Å². The normalized spacial score (nSPS) is 22.7. The lowest BCUT2D eigenvalue weighted by atomic mass is 9.95. The molecule has 2 aliphatic rings. The zero-order chi connectivity index (χ0) is 15.5. The first-order valence-corrected chi connectivity index (χ1v) is 9.08. The summed E-state index contributed by atoms with van der Waals surface area (Å²) in [5, 5.41) is 6.28. The fourth-order valence-corrected chi connectivity index (χ4v) is 3.87. The largest absolute Gasteiger partial charge is 0.381 e. The van der Waals surface area contributed by atoms with Gasteiger partial charge in [0.2, 0.25) is 0 Å². The molecule has 122 valence electrons. The average Bonchev–Trinajstić information content (AvgIpc) is 3.10. The summed E-state index contributed by atoms with van der Waals surface area (Å²) in [5.74, 6) is 1.57. The molecule has 0 aromatic carbocycles. The van der Waals surface area contributed by atoms with Crippen molar-refractivity contribution in [2.24, 2.45) is 0 Å². The molecule has 1 atom stereocenters. The number of anilines is 1. The molecule has 7 heteroatoms. The number of aromatic nitrogens is 3. The van der Waals surface area contributed by atoms with Crippen molar-refractivity contribution in [2.45, 2.75) is 31.3 Å². The Morgan fingerprint density at radius 2 is 2.13 bits per heavy atom. The van der Waals surface area contributed by atoms with Gasteiger partial charge in [-0.15, -0.1) is 11.3 Å². The van der Waals surface area contributed by atoms with Gasteiger partial charge >= 0.3 is 0 Å². The minimum atomic E-state index is 0.608. The standard InChI is InChI=1S/C16H21N5OS/c1-5-17-15(16-18-6-10-23-16)20-14(1)19-11-13-2-7-21(13)12-3-8-22-9-4-12/h1,5-6,10,12-13H,2-4,7-9,11H2,(H,17,19,20). The van der Waals surface area contributed by atoms with Crippen LogP contribution in [0.4, 0.5) is 5.82 Å². The molecule has 0 aliphatic carbocycles. The lowest BCUT2D eigenvalue weighted by molar-refractivity contribution is -0.0189. The van der Waals surface area contributed by atoms with Crippen LogP contribution < -0.4 is 5.32 Å². The minimum absolute atomic E-state index is 0.608. The molecule has 4 rings (SSSR count). The van der Waals surface area contributed by atoms with Crippen LogP contribution in [0.5, 0.6) is 0 Å². The zero-order valence-electron chi connectivity index (χ0n) is 13.0. The first-order valence-electron chi connectivity index (χ1n) is 8.20. The smallest absolute Gasteiger partial charge is 0.190 e. The molecule has 0 bridgehead atoms. The second-order valence-corrected chi connectivity index (χ2v) is 6.90. The SMILES string of the molecule is c1cc(NCC2CCN2C2CCOCC2)nc(-c2nccs2)n1. The Balaban J connectivity index is 1.35. The van der Waals surface area contributed by atoms with E-state index in [1.165, 1.54) is 13.0 Å². The van der Waals surface area contributed by atoms with Crippen LogP contribution in [-0.4, -0.2) is 58.2 Å². The predicted molar refractivity (Wildman–Crippen MR) is 90.6 cm³/mol. The Bertz CT molecular complexity index is 629. The summed E-state index contributed by atoms with van der Waals surface area (Å²) in [7, 11) is 0. The van der Waals surface area contributed by atoms with Crippen molar-refractivity contribution in [2.75, 3.05) is 31.6 Å². The summed E-state index contributed by atoms with van der Waals surface area (Å²) < 4.78 is 5.47. The van der Waals surface area contributed by atoms with E-state index >= 15 is 0 Å². The van der Waals surface area contributed by atoms with Gasteiger partial charge in [0, 0.05) is 56.2 Å². The summed E-state index contributed by atoms with van der Waals surface area (Å²) in [6.45, 7) is 3.96. The van der Waals surface area contributed by atoms with Crippen molar-refractivity contribution in [3.63, 3.8) is 0 Å². The number of thiazole rings is 1. The highest BCUT2D eigenvalue weighted by Crippen LogP contribution is 2.26. The molecular weight excluding hydrogens is 310 g/mol. The molecular formula is C16H21N5OS. The highest BCUT2D eigenvalue weighted by Gasteiger charge is 2.34. The number of nitrogens with zero attached hydrogens (tertiary/aromatic N) is 4. The van der Waals surface area contributed by atoms with Crippen LogP contribution in [-0.2, 0) is 4.74 Å². The molecule has 1 unspecified atom stereocenters. The molecule has 4 heterocycles. The van der Waals surface area contributed by atoms with Crippen molar-refractivity contribution >= 4 is 17.2 Å². The van der Waals surface area contributed by atoms with Crippen LogP contribution in [0.2, 0.25) is 0 Å². The molecule has 0 radical (unpaired) electrons. The number of hydrogen-bond acceptors (Lipinski definition) is 7. The van der Waals surface area contributed by atoms with Gasteiger partial charge in [-0.25, -0.2) is 15.0 Å². The molecule has 0 spiro atoms. The molecule has 0 amide bonds. The first kappa shape index (κ1) is 15.0. The third-order valence-electron chi connectivity index (χ3n) is 4.65. The van der Waals surface area contributed by atoms with E-state index in [1.807, 2.05) is 11.4 Å². The van der Waals surface area contributed by atoms with E-state index in [-0.39, 0.29) is 0 Å². The van der Waals surface area contributed by atoms with Crippen LogP contribution in [0.15, 0.2) is 23.8 Å². The third-order valence-corrected chi connectivity index (χ3v) is 5.42. The van der Waals surface area contributed by atoms with E-state index in [0.29, 0.717) is 17.9 Å². The van der Waals surface area contributed by atoms with E-state index < -0.39 is 0 Å². The van der Waals surface area contributed by atoms with Gasteiger partial charge in [-0.3, -0.25) is 4.90 Å². The third kappa shape index (κ3) is 3.36. The Hall–Kier alpha value is -1.57. The maximum atomic E-state index is 5.47. The van der Waals surface area contributed by atoms with Gasteiger partial charge in [-0.2, -0.15) is 0 Å². The summed E-state index contributed by atoms with van der Waals surface area (Å²) in [5.41, 5.74) is 0. The number of ether oxygens (including phenoxy) is 1. The topological polar surface area (TPSA) is 63.2 Å². The van der Waals surface area contributed by atoms with Crippen molar-refractivity contribution in [3.8, 4) is 10.8 Å².